The van der Waals surface area contributed by atoms with Crippen molar-refractivity contribution in [1.29, 1.82) is 0 Å². The highest BCUT2D eigenvalue weighted by Gasteiger charge is 2.12. The lowest BCUT2D eigenvalue weighted by Crippen LogP contribution is -2.21. The minimum absolute atomic E-state index is 0.0115. The molecule has 5 heteroatoms. The Morgan fingerprint density at radius 1 is 1.04 bits per heavy atom. The first kappa shape index (κ1) is 16.3. The Hall–Kier alpha value is -2.53. The van der Waals surface area contributed by atoms with Crippen LogP contribution in [-0.4, -0.2) is 19.2 Å². The van der Waals surface area contributed by atoms with E-state index in [0.29, 0.717) is 19.5 Å². The zero-order chi connectivity index (χ0) is 16.8. The molecular weight excluding hydrogens is 304 g/mol. The second-order valence-corrected chi connectivity index (χ2v) is 5.71. The van der Waals surface area contributed by atoms with E-state index in [-0.39, 0.29) is 12.7 Å². The van der Waals surface area contributed by atoms with Gasteiger partial charge < -0.3 is 20.1 Å². The van der Waals surface area contributed by atoms with Crippen LogP contribution in [0.15, 0.2) is 42.5 Å². The molecule has 2 N–H and O–H groups in total. The van der Waals surface area contributed by atoms with E-state index in [1.54, 1.807) is 0 Å². The van der Waals surface area contributed by atoms with E-state index in [9.17, 15) is 4.79 Å². The summed E-state index contributed by atoms with van der Waals surface area (Å²) in [5, 5.41) is 6.18. The number of anilines is 1. The van der Waals surface area contributed by atoms with Crippen molar-refractivity contribution in [2.24, 2.45) is 0 Å². The highest BCUT2D eigenvalue weighted by molar-refractivity contribution is 5.90. The third-order valence-corrected chi connectivity index (χ3v) is 3.94. The van der Waals surface area contributed by atoms with Crippen LogP contribution in [-0.2, 0) is 17.8 Å². The van der Waals surface area contributed by atoms with Crippen molar-refractivity contribution >= 4 is 11.6 Å². The molecule has 126 valence electrons. The molecule has 0 radical (unpaired) electrons. The van der Waals surface area contributed by atoms with Crippen LogP contribution in [0.1, 0.15) is 24.5 Å². The number of rotatable bonds is 7. The van der Waals surface area contributed by atoms with Crippen LogP contribution >= 0.6 is 0 Å². The fourth-order valence-electron chi connectivity index (χ4n) is 2.53. The largest absolute Gasteiger partial charge is 0.454 e. The van der Waals surface area contributed by atoms with Crippen molar-refractivity contribution in [1.82, 2.24) is 5.32 Å². The third kappa shape index (κ3) is 4.26. The fraction of sp³-hybridized carbons (Fsp3) is 0.316. The molecule has 1 aliphatic heterocycles. The number of aryl methyl sites for hydroxylation is 1. The minimum atomic E-state index is 0.0115. The predicted octanol–water partition coefficient (Wildman–Crippen LogP) is 3.10. The molecule has 0 aromatic heterocycles. The zero-order valence-electron chi connectivity index (χ0n) is 13.8. The minimum Gasteiger partial charge on any atom is -0.454 e. The quantitative estimate of drug-likeness (QED) is 0.768. The van der Waals surface area contributed by atoms with Gasteiger partial charge in [-0.1, -0.05) is 25.1 Å². The van der Waals surface area contributed by atoms with Crippen LogP contribution in [0.3, 0.4) is 0 Å². The summed E-state index contributed by atoms with van der Waals surface area (Å²) >= 11 is 0. The highest BCUT2D eigenvalue weighted by Crippen LogP contribution is 2.32. The molecule has 24 heavy (non-hydrogen) atoms. The van der Waals surface area contributed by atoms with E-state index in [1.807, 2.05) is 42.5 Å². The number of nitrogens with one attached hydrogen (secondary N) is 2. The average Bonchev–Trinajstić information content (AvgIpc) is 3.07. The maximum atomic E-state index is 11.9. The molecule has 0 saturated carbocycles. The van der Waals surface area contributed by atoms with Gasteiger partial charge in [-0.15, -0.1) is 0 Å². The van der Waals surface area contributed by atoms with Gasteiger partial charge in [0.2, 0.25) is 12.7 Å². The molecule has 0 spiro atoms. The summed E-state index contributed by atoms with van der Waals surface area (Å²) in [6.07, 6.45) is 1.43. The van der Waals surface area contributed by atoms with Crippen LogP contribution in [0.5, 0.6) is 11.5 Å². The number of hydrogen-bond donors (Lipinski definition) is 2. The van der Waals surface area contributed by atoms with E-state index in [0.717, 1.165) is 29.2 Å². The maximum Gasteiger partial charge on any atom is 0.231 e. The lowest BCUT2D eigenvalue weighted by molar-refractivity contribution is -0.116. The van der Waals surface area contributed by atoms with E-state index in [4.69, 9.17) is 9.47 Å². The van der Waals surface area contributed by atoms with Gasteiger partial charge in [0, 0.05) is 25.2 Å². The molecular formula is C19H22N2O3. The molecule has 0 aliphatic carbocycles. The first-order valence-corrected chi connectivity index (χ1v) is 8.22. The monoisotopic (exact) mass is 326 g/mol. The highest BCUT2D eigenvalue weighted by atomic mass is 16.7. The Labute approximate surface area is 142 Å². The SMILES string of the molecule is CCc1ccc(NC(=O)CCNCc2ccc3c(c2)OCO3)cc1. The van der Waals surface area contributed by atoms with Crippen molar-refractivity contribution in [3.05, 3.63) is 53.6 Å². The Kier molecular flexibility index (Phi) is 5.33. The molecule has 2 aromatic rings. The van der Waals surface area contributed by atoms with Crippen LogP contribution in [0, 0.1) is 0 Å². The van der Waals surface area contributed by atoms with E-state index in [2.05, 4.69) is 17.6 Å². The average molecular weight is 326 g/mol. The maximum absolute atomic E-state index is 11.9. The normalized spacial score (nSPS) is 12.2. The Balaban J connectivity index is 1.38. The predicted molar refractivity (Wildman–Crippen MR) is 93.3 cm³/mol. The Morgan fingerprint density at radius 3 is 2.58 bits per heavy atom. The van der Waals surface area contributed by atoms with Gasteiger partial charge in [0.05, 0.1) is 0 Å². The molecule has 0 atom stereocenters. The molecule has 0 saturated heterocycles. The lowest BCUT2D eigenvalue weighted by Gasteiger charge is -2.08. The van der Waals surface area contributed by atoms with E-state index < -0.39 is 0 Å². The van der Waals surface area contributed by atoms with Crippen molar-refractivity contribution in [2.45, 2.75) is 26.3 Å². The first-order valence-electron chi connectivity index (χ1n) is 8.22. The van der Waals surface area contributed by atoms with Gasteiger partial charge in [0.25, 0.3) is 0 Å². The van der Waals surface area contributed by atoms with Gasteiger partial charge in [-0.3, -0.25) is 4.79 Å². The molecule has 1 heterocycles. The number of carbonyl (C=O) groups excluding carboxylic acids is 1. The van der Waals surface area contributed by atoms with Gasteiger partial charge in [0.1, 0.15) is 0 Å². The molecule has 0 unspecified atom stereocenters. The second-order valence-electron chi connectivity index (χ2n) is 5.71. The third-order valence-electron chi connectivity index (χ3n) is 3.94. The molecule has 1 aliphatic rings. The second kappa shape index (κ2) is 7.84. The summed E-state index contributed by atoms with van der Waals surface area (Å²) in [4.78, 5) is 11.9. The summed E-state index contributed by atoms with van der Waals surface area (Å²) in [6.45, 7) is 3.70. The topological polar surface area (TPSA) is 59.6 Å². The summed E-state index contributed by atoms with van der Waals surface area (Å²) in [5.74, 6) is 1.58. The smallest absolute Gasteiger partial charge is 0.231 e. The summed E-state index contributed by atoms with van der Waals surface area (Å²) in [6, 6.07) is 13.8. The van der Waals surface area contributed by atoms with Gasteiger partial charge >= 0.3 is 0 Å². The molecule has 3 rings (SSSR count). The van der Waals surface area contributed by atoms with Crippen molar-refractivity contribution in [3.8, 4) is 11.5 Å². The number of fused-ring (bicyclic) bond motifs is 1. The number of amides is 1. The van der Waals surface area contributed by atoms with Gasteiger partial charge in [-0.2, -0.15) is 0 Å². The molecule has 1 amide bonds. The van der Waals surface area contributed by atoms with E-state index in [1.165, 1.54) is 5.56 Å². The summed E-state index contributed by atoms with van der Waals surface area (Å²) < 4.78 is 10.6. The number of hydrogen-bond acceptors (Lipinski definition) is 4. The lowest BCUT2D eigenvalue weighted by atomic mass is 10.1. The molecule has 0 bridgehead atoms. The molecule has 2 aromatic carbocycles. The number of ether oxygens (including phenoxy) is 2. The number of benzene rings is 2. The van der Waals surface area contributed by atoms with Gasteiger partial charge in [-0.25, -0.2) is 0 Å². The fourth-order valence-corrected chi connectivity index (χ4v) is 2.53. The van der Waals surface area contributed by atoms with Crippen molar-refractivity contribution < 1.29 is 14.3 Å². The van der Waals surface area contributed by atoms with Gasteiger partial charge in [-0.05, 0) is 41.8 Å². The van der Waals surface area contributed by atoms with Crippen LogP contribution in [0.25, 0.3) is 0 Å². The van der Waals surface area contributed by atoms with Gasteiger partial charge in [0.15, 0.2) is 11.5 Å². The van der Waals surface area contributed by atoms with E-state index >= 15 is 0 Å². The molecule has 0 fully saturated rings. The zero-order valence-corrected chi connectivity index (χ0v) is 13.8. The Morgan fingerprint density at radius 2 is 1.79 bits per heavy atom. The summed E-state index contributed by atoms with van der Waals surface area (Å²) in [7, 11) is 0. The standard InChI is InChI=1S/C19H22N2O3/c1-2-14-3-6-16(7-4-14)21-19(22)9-10-20-12-15-5-8-17-18(11-15)24-13-23-17/h3-8,11,20H,2,9-10,12-13H2,1H3,(H,21,22). The van der Waals surface area contributed by atoms with Crippen molar-refractivity contribution in [3.63, 3.8) is 0 Å². The Bertz CT molecular complexity index is 698. The number of carbonyl (C=O) groups is 1. The van der Waals surface area contributed by atoms with Crippen LogP contribution < -0.4 is 20.1 Å². The first-order chi connectivity index (χ1) is 11.7. The van der Waals surface area contributed by atoms with Crippen LogP contribution in [0.4, 0.5) is 5.69 Å². The van der Waals surface area contributed by atoms with Crippen molar-refractivity contribution in [2.75, 3.05) is 18.7 Å². The summed E-state index contributed by atoms with van der Waals surface area (Å²) in [5.41, 5.74) is 3.21. The van der Waals surface area contributed by atoms with Crippen LogP contribution in [0.2, 0.25) is 0 Å². The molecule has 5 nitrogen and oxygen atoms in total.